The lowest BCUT2D eigenvalue weighted by Crippen LogP contribution is -2.42. The van der Waals surface area contributed by atoms with Crippen LogP contribution >= 0.6 is 24.0 Å². The smallest absolute Gasteiger partial charge is 0.173 e. The minimum absolute atomic E-state index is 0. The Kier molecular flexibility index (Phi) is 6.15. The van der Waals surface area contributed by atoms with Gasteiger partial charge in [0.15, 0.2) is 11.6 Å². The molecule has 3 nitrogen and oxygen atoms in total. The standard InChI is InChI=1S/C12H16ClFN2O.ClH/c1-2-17-12-9(13)5-8(6-10(12)14)11-7-15-3-4-16-11;/h5-6,11,15-16H,2-4,7H2,1H3;1H/t11-;/m1./s1. The van der Waals surface area contributed by atoms with Crippen LogP contribution in [0.2, 0.25) is 5.02 Å². The zero-order valence-corrected chi connectivity index (χ0v) is 11.7. The van der Waals surface area contributed by atoms with E-state index in [4.69, 9.17) is 16.3 Å². The van der Waals surface area contributed by atoms with Crippen LogP contribution in [-0.4, -0.2) is 26.2 Å². The average Bonchev–Trinajstić information content (AvgIpc) is 2.35. The van der Waals surface area contributed by atoms with E-state index < -0.39 is 5.82 Å². The summed E-state index contributed by atoms with van der Waals surface area (Å²) in [5.41, 5.74) is 0.850. The van der Waals surface area contributed by atoms with Crippen molar-refractivity contribution in [3.05, 3.63) is 28.5 Å². The van der Waals surface area contributed by atoms with Gasteiger partial charge in [0.2, 0.25) is 0 Å². The van der Waals surface area contributed by atoms with Gasteiger partial charge in [-0.2, -0.15) is 0 Å². The van der Waals surface area contributed by atoms with Gasteiger partial charge in [-0.3, -0.25) is 0 Å². The summed E-state index contributed by atoms with van der Waals surface area (Å²) in [5, 5.41) is 6.89. The third-order valence-electron chi connectivity index (χ3n) is 2.75. The van der Waals surface area contributed by atoms with Crippen molar-refractivity contribution in [3.8, 4) is 5.75 Å². The maximum Gasteiger partial charge on any atom is 0.173 e. The Bertz CT molecular complexity index is 375. The first-order valence-corrected chi connectivity index (χ1v) is 6.16. The van der Waals surface area contributed by atoms with Crippen molar-refractivity contribution >= 4 is 24.0 Å². The summed E-state index contributed by atoms with van der Waals surface area (Å²) >= 11 is 6.02. The average molecular weight is 295 g/mol. The second-order valence-electron chi connectivity index (χ2n) is 3.96. The fourth-order valence-electron chi connectivity index (χ4n) is 1.95. The second-order valence-corrected chi connectivity index (χ2v) is 4.36. The molecule has 2 N–H and O–H groups in total. The van der Waals surface area contributed by atoms with Crippen LogP contribution in [0.25, 0.3) is 0 Å². The van der Waals surface area contributed by atoms with E-state index in [1.54, 1.807) is 13.0 Å². The molecule has 0 unspecified atom stereocenters. The topological polar surface area (TPSA) is 33.3 Å². The van der Waals surface area contributed by atoms with E-state index in [0.29, 0.717) is 11.6 Å². The molecule has 1 aromatic rings. The fraction of sp³-hybridized carbons (Fsp3) is 0.500. The highest BCUT2D eigenvalue weighted by molar-refractivity contribution is 6.32. The van der Waals surface area contributed by atoms with Crippen molar-refractivity contribution in [3.63, 3.8) is 0 Å². The van der Waals surface area contributed by atoms with E-state index in [9.17, 15) is 4.39 Å². The third-order valence-corrected chi connectivity index (χ3v) is 3.03. The molecule has 2 rings (SSSR count). The number of hydrogen-bond donors (Lipinski definition) is 2. The molecule has 0 aliphatic carbocycles. The summed E-state index contributed by atoms with van der Waals surface area (Å²) in [4.78, 5) is 0. The number of piperazine rings is 1. The molecule has 1 aromatic carbocycles. The van der Waals surface area contributed by atoms with Gasteiger partial charge in [-0.25, -0.2) is 4.39 Å². The summed E-state index contributed by atoms with van der Waals surface area (Å²) in [6.45, 7) is 4.79. The molecule has 1 saturated heterocycles. The van der Waals surface area contributed by atoms with Crippen molar-refractivity contribution in [2.24, 2.45) is 0 Å². The van der Waals surface area contributed by atoms with Crippen LogP contribution in [0.1, 0.15) is 18.5 Å². The van der Waals surface area contributed by atoms with Crippen LogP contribution in [-0.2, 0) is 0 Å². The number of benzene rings is 1. The van der Waals surface area contributed by atoms with Crippen LogP contribution in [0.3, 0.4) is 0 Å². The highest BCUT2D eigenvalue weighted by Crippen LogP contribution is 2.31. The second kappa shape index (κ2) is 7.14. The highest BCUT2D eigenvalue weighted by atomic mass is 35.5. The summed E-state index contributed by atoms with van der Waals surface area (Å²) < 4.78 is 19.0. The van der Waals surface area contributed by atoms with Crippen LogP contribution in [0.15, 0.2) is 12.1 Å². The zero-order valence-electron chi connectivity index (χ0n) is 10.1. The summed E-state index contributed by atoms with van der Waals surface area (Å²) in [6, 6.07) is 3.35. The van der Waals surface area contributed by atoms with Crippen molar-refractivity contribution in [2.75, 3.05) is 26.2 Å². The van der Waals surface area contributed by atoms with Gasteiger partial charge in [-0.1, -0.05) is 11.6 Å². The molecule has 0 bridgehead atoms. The van der Waals surface area contributed by atoms with Gasteiger partial charge in [0, 0.05) is 25.7 Å². The molecule has 0 amide bonds. The number of hydrogen-bond acceptors (Lipinski definition) is 3. The summed E-state index contributed by atoms with van der Waals surface area (Å²) in [6.07, 6.45) is 0. The molecular weight excluding hydrogens is 278 g/mol. The lowest BCUT2D eigenvalue weighted by Gasteiger charge is -2.25. The molecule has 0 saturated carbocycles. The summed E-state index contributed by atoms with van der Waals surface area (Å²) in [5.74, 6) is -0.261. The molecule has 1 atom stereocenters. The molecule has 1 aliphatic heterocycles. The zero-order chi connectivity index (χ0) is 12.3. The highest BCUT2D eigenvalue weighted by Gasteiger charge is 2.18. The Morgan fingerprint density at radius 1 is 1.44 bits per heavy atom. The SMILES string of the molecule is CCOc1c(F)cc([C@H]2CNCCN2)cc1Cl.Cl. The molecule has 1 fully saturated rings. The Labute approximate surface area is 117 Å². The number of nitrogens with one attached hydrogen (secondary N) is 2. The van der Waals surface area contributed by atoms with E-state index >= 15 is 0 Å². The van der Waals surface area contributed by atoms with Gasteiger partial charge >= 0.3 is 0 Å². The van der Waals surface area contributed by atoms with Gasteiger partial charge in [0.1, 0.15) is 0 Å². The monoisotopic (exact) mass is 294 g/mol. The first-order chi connectivity index (χ1) is 8.22. The maximum atomic E-state index is 13.8. The molecule has 1 heterocycles. The summed E-state index contributed by atoms with van der Waals surface area (Å²) in [7, 11) is 0. The van der Waals surface area contributed by atoms with E-state index in [-0.39, 0.29) is 24.2 Å². The lowest BCUT2D eigenvalue weighted by atomic mass is 10.0. The number of ether oxygens (including phenoxy) is 1. The van der Waals surface area contributed by atoms with Gasteiger partial charge in [-0.05, 0) is 24.6 Å². The predicted molar refractivity (Wildman–Crippen MR) is 73.4 cm³/mol. The maximum absolute atomic E-state index is 13.8. The molecule has 102 valence electrons. The van der Waals surface area contributed by atoms with E-state index in [2.05, 4.69) is 10.6 Å². The Hall–Kier alpha value is -0.550. The van der Waals surface area contributed by atoms with Crippen molar-refractivity contribution in [2.45, 2.75) is 13.0 Å². The first-order valence-electron chi connectivity index (χ1n) is 5.78. The minimum atomic E-state index is -0.401. The molecule has 0 aromatic heterocycles. The van der Waals surface area contributed by atoms with Gasteiger partial charge in [0.25, 0.3) is 0 Å². The minimum Gasteiger partial charge on any atom is -0.489 e. The largest absolute Gasteiger partial charge is 0.489 e. The Balaban J connectivity index is 0.00000162. The van der Waals surface area contributed by atoms with Gasteiger partial charge in [0.05, 0.1) is 11.6 Å². The van der Waals surface area contributed by atoms with Crippen LogP contribution in [0.4, 0.5) is 4.39 Å². The van der Waals surface area contributed by atoms with Crippen molar-refractivity contribution in [1.82, 2.24) is 10.6 Å². The van der Waals surface area contributed by atoms with Crippen LogP contribution in [0, 0.1) is 5.82 Å². The molecule has 6 heteroatoms. The quantitative estimate of drug-likeness (QED) is 0.899. The Morgan fingerprint density at radius 3 is 2.78 bits per heavy atom. The fourth-order valence-corrected chi connectivity index (χ4v) is 2.22. The van der Waals surface area contributed by atoms with E-state index in [1.807, 2.05) is 0 Å². The van der Waals surface area contributed by atoms with Gasteiger partial charge < -0.3 is 15.4 Å². The lowest BCUT2D eigenvalue weighted by molar-refractivity contribution is 0.321. The number of halogens is 3. The molecule has 1 aliphatic rings. The predicted octanol–water partition coefficient (Wildman–Crippen LogP) is 2.53. The molecule has 0 radical (unpaired) electrons. The van der Waals surface area contributed by atoms with Crippen molar-refractivity contribution < 1.29 is 9.13 Å². The van der Waals surface area contributed by atoms with E-state index in [0.717, 1.165) is 25.2 Å². The van der Waals surface area contributed by atoms with Gasteiger partial charge in [-0.15, -0.1) is 12.4 Å². The van der Waals surface area contributed by atoms with Crippen molar-refractivity contribution in [1.29, 1.82) is 0 Å². The molecular formula is C12H17Cl2FN2O. The van der Waals surface area contributed by atoms with Crippen LogP contribution < -0.4 is 15.4 Å². The Morgan fingerprint density at radius 2 is 2.22 bits per heavy atom. The third kappa shape index (κ3) is 3.48. The molecule has 0 spiro atoms. The van der Waals surface area contributed by atoms with E-state index in [1.165, 1.54) is 6.07 Å². The first kappa shape index (κ1) is 15.5. The molecule has 18 heavy (non-hydrogen) atoms. The van der Waals surface area contributed by atoms with Crippen LogP contribution in [0.5, 0.6) is 5.75 Å². The normalized spacial score (nSPS) is 19.2. The number of rotatable bonds is 3.